The number of carbonyl (C=O) groups is 1. The Labute approximate surface area is 109 Å². The first-order chi connectivity index (χ1) is 8.70. The number of likely N-dealkylation sites (N-methyl/N-ethyl adjacent to an activating group) is 1. The van der Waals surface area contributed by atoms with Crippen molar-refractivity contribution in [2.75, 3.05) is 27.2 Å². The molecule has 0 aliphatic heterocycles. The van der Waals surface area contributed by atoms with Crippen LogP contribution in [-0.4, -0.2) is 38.0 Å². The van der Waals surface area contributed by atoms with Gasteiger partial charge in [0, 0.05) is 13.6 Å². The predicted octanol–water partition coefficient (Wildman–Crippen LogP) is 1.79. The number of nitrogens with zero attached hydrogens (tertiary/aromatic N) is 1. The van der Waals surface area contributed by atoms with E-state index in [0.717, 1.165) is 32.4 Å². The summed E-state index contributed by atoms with van der Waals surface area (Å²) in [4.78, 5) is 14.4. The molecule has 1 amide bonds. The zero-order valence-electron chi connectivity index (χ0n) is 11.3. The van der Waals surface area contributed by atoms with E-state index >= 15 is 0 Å². The number of hydrogen-bond donors (Lipinski definition) is 1. The van der Waals surface area contributed by atoms with E-state index in [2.05, 4.69) is 17.4 Å². The second-order valence-corrected chi connectivity index (χ2v) is 5.13. The Morgan fingerprint density at radius 2 is 2.00 bits per heavy atom. The van der Waals surface area contributed by atoms with Crippen molar-refractivity contribution in [2.24, 2.45) is 0 Å². The molecule has 1 aromatic rings. The molecule has 0 bridgehead atoms. The standard InChI is InChI=1S/C15H22N2O/c1-16-11-6-12-17(2)14(18)15(9-10-15)13-7-4-3-5-8-13/h3-5,7-8,16H,6,9-12H2,1-2H3. The first-order valence-electron chi connectivity index (χ1n) is 6.66. The third-order valence-corrected chi connectivity index (χ3v) is 3.75. The summed E-state index contributed by atoms with van der Waals surface area (Å²) < 4.78 is 0. The highest BCUT2D eigenvalue weighted by Crippen LogP contribution is 2.49. The molecule has 18 heavy (non-hydrogen) atoms. The van der Waals surface area contributed by atoms with Crippen LogP contribution in [0.15, 0.2) is 30.3 Å². The number of nitrogens with one attached hydrogen (secondary N) is 1. The highest BCUT2D eigenvalue weighted by Gasteiger charge is 2.52. The van der Waals surface area contributed by atoms with Crippen molar-refractivity contribution < 1.29 is 4.79 Å². The van der Waals surface area contributed by atoms with Gasteiger partial charge in [-0.3, -0.25) is 4.79 Å². The Hall–Kier alpha value is -1.35. The molecule has 1 aromatic carbocycles. The molecule has 0 radical (unpaired) electrons. The molecule has 2 rings (SSSR count). The molecule has 1 aliphatic carbocycles. The second-order valence-electron chi connectivity index (χ2n) is 5.13. The van der Waals surface area contributed by atoms with Gasteiger partial charge >= 0.3 is 0 Å². The van der Waals surface area contributed by atoms with Gasteiger partial charge in [-0.25, -0.2) is 0 Å². The third-order valence-electron chi connectivity index (χ3n) is 3.75. The van der Waals surface area contributed by atoms with Crippen LogP contribution in [0.5, 0.6) is 0 Å². The van der Waals surface area contributed by atoms with Gasteiger partial charge in [0.1, 0.15) is 0 Å². The Morgan fingerprint density at radius 1 is 1.33 bits per heavy atom. The Morgan fingerprint density at radius 3 is 2.56 bits per heavy atom. The third kappa shape index (κ3) is 2.56. The van der Waals surface area contributed by atoms with Crippen LogP contribution in [-0.2, 0) is 10.2 Å². The zero-order chi connectivity index (χ0) is 13.0. The largest absolute Gasteiger partial charge is 0.345 e. The second kappa shape index (κ2) is 5.53. The first kappa shape index (κ1) is 13.1. The van der Waals surface area contributed by atoms with E-state index in [1.165, 1.54) is 5.56 Å². The van der Waals surface area contributed by atoms with Gasteiger partial charge in [0.05, 0.1) is 5.41 Å². The van der Waals surface area contributed by atoms with Crippen molar-refractivity contribution in [1.29, 1.82) is 0 Å². The molecular weight excluding hydrogens is 224 g/mol. The van der Waals surface area contributed by atoms with Crippen LogP contribution >= 0.6 is 0 Å². The lowest BCUT2D eigenvalue weighted by molar-refractivity contribution is -0.132. The van der Waals surface area contributed by atoms with Crippen LogP contribution in [0.25, 0.3) is 0 Å². The van der Waals surface area contributed by atoms with Crippen LogP contribution in [0.4, 0.5) is 0 Å². The molecule has 1 fully saturated rings. The van der Waals surface area contributed by atoms with Crippen molar-refractivity contribution in [2.45, 2.75) is 24.7 Å². The highest BCUT2D eigenvalue weighted by atomic mass is 16.2. The number of hydrogen-bond acceptors (Lipinski definition) is 2. The minimum absolute atomic E-state index is 0.213. The zero-order valence-corrected chi connectivity index (χ0v) is 11.3. The van der Waals surface area contributed by atoms with Crippen LogP contribution in [0.2, 0.25) is 0 Å². The smallest absolute Gasteiger partial charge is 0.232 e. The average molecular weight is 246 g/mol. The Balaban J connectivity index is 2.00. The van der Waals surface area contributed by atoms with Crippen molar-refractivity contribution >= 4 is 5.91 Å². The van der Waals surface area contributed by atoms with Gasteiger partial charge < -0.3 is 10.2 Å². The maximum absolute atomic E-state index is 12.5. The molecule has 1 saturated carbocycles. The van der Waals surface area contributed by atoms with Gasteiger partial charge in [0.15, 0.2) is 0 Å². The van der Waals surface area contributed by atoms with E-state index in [9.17, 15) is 4.79 Å². The molecule has 0 heterocycles. The van der Waals surface area contributed by atoms with Crippen molar-refractivity contribution in [3.8, 4) is 0 Å². The summed E-state index contributed by atoms with van der Waals surface area (Å²) in [6, 6.07) is 10.2. The predicted molar refractivity (Wildman–Crippen MR) is 73.5 cm³/mol. The van der Waals surface area contributed by atoms with Gasteiger partial charge in [-0.2, -0.15) is 0 Å². The van der Waals surface area contributed by atoms with Gasteiger partial charge in [0.2, 0.25) is 5.91 Å². The van der Waals surface area contributed by atoms with Gasteiger partial charge in [-0.15, -0.1) is 0 Å². The summed E-state index contributed by atoms with van der Waals surface area (Å²) in [5, 5.41) is 3.11. The van der Waals surface area contributed by atoms with Gasteiger partial charge in [-0.1, -0.05) is 30.3 Å². The van der Waals surface area contributed by atoms with E-state index in [-0.39, 0.29) is 11.3 Å². The fourth-order valence-corrected chi connectivity index (χ4v) is 2.47. The summed E-state index contributed by atoms with van der Waals surface area (Å²) in [6.07, 6.45) is 2.99. The Kier molecular flexibility index (Phi) is 4.02. The van der Waals surface area contributed by atoms with Crippen LogP contribution in [0.3, 0.4) is 0 Å². The molecule has 1 aliphatic rings. The average Bonchev–Trinajstić information content (AvgIpc) is 3.20. The SMILES string of the molecule is CNCCCN(C)C(=O)C1(c2ccccc2)CC1. The molecule has 0 unspecified atom stereocenters. The van der Waals surface area contributed by atoms with E-state index in [4.69, 9.17) is 0 Å². The number of benzene rings is 1. The molecule has 0 aromatic heterocycles. The fraction of sp³-hybridized carbons (Fsp3) is 0.533. The Bertz CT molecular complexity index is 398. The quantitative estimate of drug-likeness (QED) is 0.776. The first-order valence-corrected chi connectivity index (χ1v) is 6.66. The molecule has 0 saturated heterocycles. The van der Waals surface area contributed by atoms with E-state index in [1.807, 2.05) is 37.2 Å². The van der Waals surface area contributed by atoms with Crippen LogP contribution in [0, 0.1) is 0 Å². The molecule has 98 valence electrons. The molecule has 0 spiro atoms. The summed E-state index contributed by atoms with van der Waals surface area (Å²) in [5.74, 6) is 0.282. The number of rotatable bonds is 6. The molecule has 1 N–H and O–H groups in total. The van der Waals surface area contributed by atoms with Crippen LogP contribution < -0.4 is 5.32 Å². The maximum Gasteiger partial charge on any atom is 0.232 e. The summed E-state index contributed by atoms with van der Waals surface area (Å²) in [5.41, 5.74) is 0.964. The fourth-order valence-electron chi connectivity index (χ4n) is 2.47. The summed E-state index contributed by atoms with van der Waals surface area (Å²) in [7, 11) is 3.86. The molecule has 0 atom stereocenters. The minimum Gasteiger partial charge on any atom is -0.345 e. The van der Waals surface area contributed by atoms with E-state index in [0.29, 0.717) is 0 Å². The van der Waals surface area contributed by atoms with Crippen LogP contribution in [0.1, 0.15) is 24.8 Å². The van der Waals surface area contributed by atoms with Crippen molar-refractivity contribution in [3.05, 3.63) is 35.9 Å². The maximum atomic E-state index is 12.5. The minimum atomic E-state index is -0.213. The lowest BCUT2D eigenvalue weighted by Gasteiger charge is -2.23. The molecule has 3 nitrogen and oxygen atoms in total. The monoisotopic (exact) mass is 246 g/mol. The summed E-state index contributed by atoms with van der Waals surface area (Å²) >= 11 is 0. The molecular formula is C15H22N2O. The lowest BCUT2D eigenvalue weighted by Crippen LogP contribution is -2.37. The van der Waals surface area contributed by atoms with Gasteiger partial charge in [0.25, 0.3) is 0 Å². The van der Waals surface area contributed by atoms with E-state index < -0.39 is 0 Å². The lowest BCUT2D eigenvalue weighted by atomic mass is 9.94. The molecule has 3 heteroatoms. The topological polar surface area (TPSA) is 32.3 Å². The normalized spacial score (nSPS) is 16.3. The number of carbonyl (C=O) groups excluding carboxylic acids is 1. The highest BCUT2D eigenvalue weighted by molar-refractivity contribution is 5.91. The van der Waals surface area contributed by atoms with E-state index in [1.54, 1.807) is 0 Å². The summed E-state index contributed by atoms with van der Waals surface area (Å²) in [6.45, 7) is 1.78. The van der Waals surface area contributed by atoms with Gasteiger partial charge in [-0.05, 0) is 38.4 Å². The van der Waals surface area contributed by atoms with Crippen molar-refractivity contribution in [1.82, 2.24) is 10.2 Å². The van der Waals surface area contributed by atoms with Crippen molar-refractivity contribution in [3.63, 3.8) is 0 Å². The number of amides is 1.